The van der Waals surface area contributed by atoms with E-state index in [2.05, 4.69) is 0 Å². The Bertz CT molecular complexity index is 414. The summed E-state index contributed by atoms with van der Waals surface area (Å²) in [7, 11) is 0. The van der Waals surface area contributed by atoms with Gasteiger partial charge in [-0.25, -0.2) is 4.39 Å². The predicted molar refractivity (Wildman–Crippen MR) is 71.2 cm³/mol. The third-order valence-corrected chi connectivity index (χ3v) is 3.56. The van der Waals surface area contributed by atoms with Crippen molar-refractivity contribution in [2.45, 2.75) is 25.0 Å². The molecule has 0 aliphatic carbocycles. The van der Waals surface area contributed by atoms with Crippen LogP contribution in [-0.2, 0) is 4.74 Å². The highest BCUT2D eigenvalue weighted by atomic mass is 19.1. The van der Waals surface area contributed by atoms with Gasteiger partial charge in [-0.3, -0.25) is 4.90 Å². The summed E-state index contributed by atoms with van der Waals surface area (Å²) in [5.74, 6) is -0.256. The van der Waals surface area contributed by atoms with E-state index < -0.39 is 0 Å². The first kappa shape index (κ1) is 14.4. The molecular formula is C14H21FN2O2. The van der Waals surface area contributed by atoms with E-state index in [0.29, 0.717) is 25.3 Å². The van der Waals surface area contributed by atoms with Crippen molar-refractivity contribution in [3.05, 3.63) is 35.6 Å². The zero-order chi connectivity index (χ0) is 13.8. The maximum absolute atomic E-state index is 14.0. The van der Waals surface area contributed by atoms with Gasteiger partial charge in [-0.15, -0.1) is 0 Å². The maximum atomic E-state index is 14.0. The van der Waals surface area contributed by atoms with E-state index in [0.717, 1.165) is 0 Å². The lowest BCUT2D eigenvalue weighted by atomic mass is 9.96. The van der Waals surface area contributed by atoms with Crippen LogP contribution in [0, 0.1) is 5.82 Å². The van der Waals surface area contributed by atoms with Crippen LogP contribution in [-0.4, -0.2) is 48.5 Å². The molecule has 1 aromatic carbocycles. The van der Waals surface area contributed by atoms with Crippen molar-refractivity contribution in [3.63, 3.8) is 0 Å². The summed E-state index contributed by atoms with van der Waals surface area (Å²) >= 11 is 0. The zero-order valence-electron chi connectivity index (χ0n) is 11.1. The van der Waals surface area contributed by atoms with Crippen LogP contribution < -0.4 is 5.73 Å². The lowest BCUT2D eigenvalue weighted by Crippen LogP contribution is -2.53. The number of rotatable bonds is 4. The number of halogens is 1. The average Bonchev–Trinajstić information content (AvgIpc) is 2.41. The van der Waals surface area contributed by atoms with Crippen LogP contribution in [0.5, 0.6) is 0 Å². The summed E-state index contributed by atoms with van der Waals surface area (Å²) in [6, 6.07) is 6.06. The third-order valence-electron chi connectivity index (χ3n) is 3.56. The summed E-state index contributed by atoms with van der Waals surface area (Å²) in [5, 5.41) is 9.45. The van der Waals surface area contributed by atoms with Crippen molar-refractivity contribution >= 4 is 0 Å². The van der Waals surface area contributed by atoms with Crippen LogP contribution in [0.4, 0.5) is 4.39 Å². The Morgan fingerprint density at radius 2 is 2.26 bits per heavy atom. The van der Waals surface area contributed by atoms with Gasteiger partial charge in [-0.1, -0.05) is 18.2 Å². The monoisotopic (exact) mass is 268 g/mol. The number of aliphatic hydroxyl groups is 1. The number of nitrogens with zero attached hydrogens (tertiary/aromatic N) is 1. The van der Waals surface area contributed by atoms with Crippen LogP contribution in [0.25, 0.3) is 0 Å². The van der Waals surface area contributed by atoms with Gasteiger partial charge in [-0.2, -0.15) is 0 Å². The van der Waals surface area contributed by atoms with Gasteiger partial charge in [0, 0.05) is 18.2 Å². The third kappa shape index (κ3) is 3.12. The molecule has 3 unspecified atom stereocenters. The second-order valence-electron chi connectivity index (χ2n) is 4.97. The topological polar surface area (TPSA) is 58.7 Å². The van der Waals surface area contributed by atoms with Crippen LogP contribution in [0.3, 0.4) is 0 Å². The Morgan fingerprint density at radius 1 is 1.53 bits per heavy atom. The summed E-state index contributed by atoms with van der Waals surface area (Å²) in [6.07, 6.45) is 0. The van der Waals surface area contributed by atoms with Crippen LogP contribution in [0.2, 0.25) is 0 Å². The number of nitrogens with two attached hydrogens (primary N) is 1. The molecule has 1 saturated heterocycles. The van der Waals surface area contributed by atoms with Crippen LogP contribution in [0.1, 0.15) is 18.5 Å². The predicted octanol–water partition coefficient (Wildman–Crippen LogP) is 0.907. The molecule has 19 heavy (non-hydrogen) atoms. The normalized spacial score (nSPS) is 24.1. The molecule has 0 aromatic heterocycles. The zero-order valence-corrected chi connectivity index (χ0v) is 11.1. The van der Waals surface area contributed by atoms with Crippen molar-refractivity contribution in [1.82, 2.24) is 4.90 Å². The van der Waals surface area contributed by atoms with Crippen molar-refractivity contribution in [3.8, 4) is 0 Å². The van der Waals surface area contributed by atoms with Crippen molar-refractivity contribution in [1.29, 1.82) is 0 Å². The van der Waals surface area contributed by atoms with E-state index in [4.69, 9.17) is 10.5 Å². The fraction of sp³-hybridized carbons (Fsp3) is 0.571. The maximum Gasteiger partial charge on any atom is 0.128 e. The highest BCUT2D eigenvalue weighted by Crippen LogP contribution is 2.28. The molecular weight excluding hydrogens is 247 g/mol. The standard InChI is InChI=1S/C14H21FN2O2/c1-10(16)14(12-4-2-3-5-13(12)15)17-6-7-19-9-11(17)8-18/h2-5,10-11,14,18H,6-9,16H2,1H3. The van der Waals surface area contributed by atoms with Crippen molar-refractivity contribution < 1.29 is 14.2 Å². The minimum atomic E-state index is -0.256. The first-order valence-electron chi connectivity index (χ1n) is 6.59. The molecule has 3 atom stereocenters. The molecule has 1 aliphatic rings. The summed E-state index contributed by atoms with van der Waals surface area (Å²) in [4.78, 5) is 2.05. The number of benzene rings is 1. The molecule has 106 valence electrons. The van der Waals surface area contributed by atoms with Crippen LogP contribution in [0.15, 0.2) is 24.3 Å². The highest BCUT2D eigenvalue weighted by molar-refractivity contribution is 5.23. The molecule has 0 radical (unpaired) electrons. The second-order valence-corrected chi connectivity index (χ2v) is 4.97. The molecule has 2 rings (SSSR count). The fourth-order valence-corrected chi connectivity index (χ4v) is 2.67. The molecule has 5 heteroatoms. The Labute approximate surface area is 113 Å². The van der Waals surface area contributed by atoms with Gasteiger partial charge >= 0.3 is 0 Å². The van der Waals surface area contributed by atoms with Gasteiger partial charge in [0.15, 0.2) is 0 Å². The number of hydrogen-bond acceptors (Lipinski definition) is 4. The molecule has 0 spiro atoms. The minimum absolute atomic E-state index is 0.0162. The molecule has 4 nitrogen and oxygen atoms in total. The van der Waals surface area contributed by atoms with Gasteiger partial charge < -0.3 is 15.6 Å². The largest absolute Gasteiger partial charge is 0.395 e. The molecule has 3 N–H and O–H groups in total. The van der Waals surface area contributed by atoms with E-state index in [-0.39, 0.29) is 30.5 Å². The van der Waals surface area contributed by atoms with Gasteiger partial charge in [0.2, 0.25) is 0 Å². The molecule has 0 amide bonds. The van der Waals surface area contributed by atoms with E-state index in [1.54, 1.807) is 12.1 Å². The van der Waals surface area contributed by atoms with Gasteiger partial charge in [0.05, 0.1) is 31.9 Å². The molecule has 1 aliphatic heterocycles. The number of hydrogen-bond donors (Lipinski definition) is 2. The number of morpholine rings is 1. The first-order valence-corrected chi connectivity index (χ1v) is 6.59. The molecule has 1 aromatic rings. The second kappa shape index (κ2) is 6.43. The molecule has 0 saturated carbocycles. The Balaban J connectivity index is 2.32. The van der Waals surface area contributed by atoms with Gasteiger partial charge in [0.25, 0.3) is 0 Å². The molecule has 0 bridgehead atoms. The fourth-order valence-electron chi connectivity index (χ4n) is 2.67. The lowest BCUT2D eigenvalue weighted by Gasteiger charge is -2.42. The Kier molecular flexibility index (Phi) is 4.87. The average molecular weight is 268 g/mol. The lowest BCUT2D eigenvalue weighted by molar-refractivity contribution is -0.0521. The van der Waals surface area contributed by atoms with E-state index in [1.807, 2.05) is 17.9 Å². The van der Waals surface area contributed by atoms with Crippen molar-refractivity contribution in [2.24, 2.45) is 5.73 Å². The van der Waals surface area contributed by atoms with Crippen molar-refractivity contribution in [2.75, 3.05) is 26.4 Å². The van der Waals surface area contributed by atoms with E-state index in [1.165, 1.54) is 6.07 Å². The van der Waals surface area contributed by atoms with Gasteiger partial charge in [0.1, 0.15) is 5.82 Å². The quantitative estimate of drug-likeness (QED) is 0.852. The van der Waals surface area contributed by atoms with Crippen LogP contribution >= 0.6 is 0 Å². The SMILES string of the molecule is CC(N)C(c1ccccc1F)N1CCOCC1CO. The summed E-state index contributed by atoms with van der Waals surface area (Å²) < 4.78 is 19.4. The first-order chi connectivity index (χ1) is 9.15. The summed E-state index contributed by atoms with van der Waals surface area (Å²) in [5.41, 5.74) is 6.64. The molecule has 1 fully saturated rings. The van der Waals surface area contributed by atoms with E-state index >= 15 is 0 Å². The smallest absolute Gasteiger partial charge is 0.128 e. The number of ether oxygens (including phenoxy) is 1. The Morgan fingerprint density at radius 3 is 2.89 bits per heavy atom. The minimum Gasteiger partial charge on any atom is -0.395 e. The van der Waals surface area contributed by atoms with E-state index in [9.17, 15) is 9.50 Å². The molecule has 1 heterocycles. The van der Waals surface area contributed by atoms with Gasteiger partial charge in [-0.05, 0) is 13.0 Å². The summed E-state index contributed by atoms with van der Waals surface area (Å²) in [6.45, 7) is 3.52. The highest BCUT2D eigenvalue weighted by Gasteiger charge is 2.33. The Hall–Kier alpha value is -1.01. The number of aliphatic hydroxyl groups excluding tert-OH is 1.